The van der Waals surface area contributed by atoms with Crippen LogP contribution in [0.1, 0.15) is 17.7 Å². The highest BCUT2D eigenvalue weighted by atomic mass is 16.3. The number of aliphatic hydroxyl groups is 1. The van der Waals surface area contributed by atoms with E-state index in [1.807, 2.05) is 24.5 Å². The summed E-state index contributed by atoms with van der Waals surface area (Å²) in [5.41, 5.74) is 2.41. The van der Waals surface area contributed by atoms with Crippen LogP contribution in [-0.4, -0.2) is 70.3 Å². The lowest BCUT2D eigenvalue weighted by Crippen LogP contribution is -2.46. The molecule has 138 valence electrons. The first-order valence-corrected chi connectivity index (χ1v) is 9.33. The highest BCUT2D eigenvalue weighted by Gasteiger charge is 2.24. The summed E-state index contributed by atoms with van der Waals surface area (Å²) < 4.78 is 0. The van der Waals surface area contributed by atoms with Crippen molar-refractivity contribution in [3.05, 3.63) is 41.9 Å². The molecule has 7 nitrogen and oxygen atoms in total. The van der Waals surface area contributed by atoms with E-state index in [0.717, 1.165) is 63.1 Å². The van der Waals surface area contributed by atoms with Crippen molar-refractivity contribution in [2.24, 2.45) is 0 Å². The summed E-state index contributed by atoms with van der Waals surface area (Å²) in [6, 6.07) is 6.04. The third-order valence-corrected chi connectivity index (χ3v) is 5.26. The predicted molar refractivity (Wildman–Crippen MR) is 101 cm³/mol. The third-order valence-electron chi connectivity index (χ3n) is 5.26. The number of anilines is 2. The Morgan fingerprint density at radius 1 is 1.04 bits per heavy atom. The molecule has 0 amide bonds. The number of nitrogens with zero attached hydrogens (tertiary/aromatic N) is 6. The van der Waals surface area contributed by atoms with E-state index < -0.39 is 0 Å². The third kappa shape index (κ3) is 3.78. The molecule has 0 aromatic carbocycles. The molecule has 4 heterocycles. The van der Waals surface area contributed by atoms with Crippen LogP contribution in [0.2, 0.25) is 0 Å². The van der Waals surface area contributed by atoms with E-state index in [9.17, 15) is 5.11 Å². The van der Waals surface area contributed by atoms with Crippen molar-refractivity contribution in [2.75, 3.05) is 49.1 Å². The molecular formula is C19H26N6O. The van der Waals surface area contributed by atoms with E-state index in [1.165, 1.54) is 5.56 Å². The summed E-state index contributed by atoms with van der Waals surface area (Å²) in [6.45, 7) is 8.32. The fourth-order valence-electron chi connectivity index (χ4n) is 3.62. The zero-order valence-electron chi connectivity index (χ0n) is 15.3. The molecule has 0 spiro atoms. The number of rotatable bonds is 4. The molecule has 2 aromatic heterocycles. The number of hydrogen-bond acceptors (Lipinski definition) is 7. The van der Waals surface area contributed by atoms with Gasteiger partial charge < -0.3 is 14.9 Å². The lowest BCUT2D eigenvalue weighted by Gasteiger charge is -2.35. The van der Waals surface area contributed by atoms with Gasteiger partial charge in [-0.25, -0.2) is 4.98 Å². The first-order chi connectivity index (χ1) is 12.7. The second-order valence-corrected chi connectivity index (χ2v) is 7.13. The van der Waals surface area contributed by atoms with E-state index in [0.29, 0.717) is 6.54 Å². The molecule has 2 saturated heterocycles. The van der Waals surface area contributed by atoms with E-state index in [2.05, 4.69) is 37.7 Å². The van der Waals surface area contributed by atoms with E-state index >= 15 is 0 Å². The molecule has 2 fully saturated rings. The highest BCUT2D eigenvalue weighted by molar-refractivity contribution is 5.45. The van der Waals surface area contributed by atoms with Gasteiger partial charge in [0.05, 0.1) is 11.8 Å². The summed E-state index contributed by atoms with van der Waals surface area (Å²) in [7, 11) is 0. The minimum Gasteiger partial charge on any atom is -0.391 e. The van der Waals surface area contributed by atoms with Crippen LogP contribution >= 0.6 is 0 Å². The number of aliphatic hydroxyl groups excluding tert-OH is 1. The largest absolute Gasteiger partial charge is 0.391 e. The number of pyridine rings is 1. The van der Waals surface area contributed by atoms with Crippen LogP contribution in [0.5, 0.6) is 0 Å². The molecule has 26 heavy (non-hydrogen) atoms. The maximum atomic E-state index is 9.74. The van der Waals surface area contributed by atoms with Crippen molar-refractivity contribution < 1.29 is 5.11 Å². The van der Waals surface area contributed by atoms with Gasteiger partial charge in [0.15, 0.2) is 0 Å². The van der Waals surface area contributed by atoms with Gasteiger partial charge in [-0.2, -0.15) is 4.98 Å². The lowest BCUT2D eigenvalue weighted by atomic mass is 10.2. The van der Waals surface area contributed by atoms with Crippen molar-refractivity contribution in [3.8, 4) is 0 Å². The van der Waals surface area contributed by atoms with Gasteiger partial charge in [0, 0.05) is 58.2 Å². The van der Waals surface area contributed by atoms with Crippen LogP contribution in [0, 0.1) is 6.92 Å². The predicted octanol–water partition coefficient (Wildman–Crippen LogP) is 1.07. The van der Waals surface area contributed by atoms with Crippen LogP contribution in [0.3, 0.4) is 0 Å². The fraction of sp³-hybridized carbons (Fsp3) is 0.526. The van der Waals surface area contributed by atoms with Crippen LogP contribution in [-0.2, 0) is 6.54 Å². The minimum atomic E-state index is -0.244. The van der Waals surface area contributed by atoms with Crippen LogP contribution in [0.15, 0.2) is 30.6 Å². The summed E-state index contributed by atoms with van der Waals surface area (Å²) in [4.78, 5) is 20.5. The average Bonchev–Trinajstić information content (AvgIpc) is 3.11. The summed E-state index contributed by atoms with van der Waals surface area (Å²) >= 11 is 0. The number of aromatic nitrogens is 3. The molecule has 7 heteroatoms. The SMILES string of the molecule is Cc1cccnc1CN1CCN(c2nccc(N3CC[C@@H](O)C3)n2)CC1. The Morgan fingerprint density at radius 3 is 2.62 bits per heavy atom. The number of β-amino-alcohol motifs (C(OH)–C–C–N with tert-alkyl or cyclic N) is 1. The first kappa shape index (κ1) is 17.2. The van der Waals surface area contributed by atoms with E-state index in [-0.39, 0.29) is 6.10 Å². The molecule has 4 rings (SSSR count). The van der Waals surface area contributed by atoms with E-state index in [4.69, 9.17) is 4.98 Å². The normalized spacial score (nSPS) is 21.4. The maximum Gasteiger partial charge on any atom is 0.227 e. The van der Waals surface area contributed by atoms with Gasteiger partial charge in [-0.3, -0.25) is 9.88 Å². The van der Waals surface area contributed by atoms with Gasteiger partial charge in [0.2, 0.25) is 5.95 Å². The van der Waals surface area contributed by atoms with Crippen LogP contribution in [0.25, 0.3) is 0 Å². The monoisotopic (exact) mass is 354 g/mol. The second kappa shape index (κ2) is 7.55. The van der Waals surface area contributed by atoms with Gasteiger partial charge in [-0.05, 0) is 31.0 Å². The minimum absolute atomic E-state index is 0.244. The lowest BCUT2D eigenvalue weighted by molar-refractivity contribution is 0.198. The van der Waals surface area contributed by atoms with Gasteiger partial charge in [0.1, 0.15) is 5.82 Å². The first-order valence-electron chi connectivity index (χ1n) is 9.33. The molecule has 2 aromatic rings. The number of aryl methyl sites for hydroxylation is 1. The standard InChI is InChI=1S/C19H26N6O/c1-15-3-2-6-20-17(15)14-23-9-11-24(12-10-23)19-21-7-4-18(22-19)25-8-5-16(26)13-25/h2-4,6-7,16,26H,5,8-14H2,1H3/t16-/m1/s1. The molecule has 0 radical (unpaired) electrons. The molecule has 1 N–H and O–H groups in total. The summed E-state index contributed by atoms with van der Waals surface area (Å²) in [6.07, 6.45) is 4.26. The average molecular weight is 354 g/mol. The smallest absolute Gasteiger partial charge is 0.227 e. The topological polar surface area (TPSA) is 68.6 Å². The molecule has 2 aliphatic heterocycles. The van der Waals surface area contributed by atoms with Gasteiger partial charge in [0.25, 0.3) is 0 Å². The van der Waals surface area contributed by atoms with Crippen molar-refractivity contribution in [1.29, 1.82) is 0 Å². The van der Waals surface area contributed by atoms with Crippen LogP contribution < -0.4 is 9.80 Å². The zero-order valence-corrected chi connectivity index (χ0v) is 15.3. The van der Waals surface area contributed by atoms with Gasteiger partial charge in [-0.1, -0.05) is 6.07 Å². The van der Waals surface area contributed by atoms with Gasteiger partial charge in [-0.15, -0.1) is 0 Å². The molecule has 0 unspecified atom stereocenters. The van der Waals surface area contributed by atoms with Gasteiger partial charge >= 0.3 is 0 Å². The Hall–Kier alpha value is -2.25. The van der Waals surface area contributed by atoms with Crippen LogP contribution in [0.4, 0.5) is 11.8 Å². The highest BCUT2D eigenvalue weighted by Crippen LogP contribution is 2.21. The summed E-state index contributed by atoms with van der Waals surface area (Å²) in [5, 5.41) is 9.74. The quantitative estimate of drug-likeness (QED) is 0.881. The Labute approximate surface area is 154 Å². The zero-order chi connectivity index (χ0) is 17.9. The summed E-state index contributed by atoms with van der Waals surface area (Å²) in [5.74, 6) is 1.70. The second-order valence-electron chi connectivity index (χ2n) is 7.13. The Balaban J connectivity index is 1.37. The molecule has 0 bridgehead atoms. The van der Waals surface area contributed by atoms with Crippen molar-refractivity contribution in [3.63, 3.8) is 0 Å². The number of hydrogen-bond donors (Lipinski definition) is 1. The molecule has 0 saturated carbocycles. The number of piperazine rings is 1. The Morgan fingerprint density at radius 2 is 1.88 bits per heavy atom. The molecule has 2 aliphatic rings. The van der Waals surface area contributed by atoms with Crippen molar-refractivity contribution in [2.45, 2.75) is 26.0 Å². The molecule has 0 aliphatic carbocycles. The Kier molecular flexibility index (Phi) is 4.99. The maximum absolute atomic E-state index is 9.74. The van der Waals surface area contributed by atoms with E-state index in [1.54, 1.807) is 0 Å². The molecular weight excluding hydrogens is 328 g/mol. The fourth-order valence-corrected chi connectivity index (χ4v) is 3.62. The van der Waals surface area contributed by atoms with Crippen molar-refractivity contribution in [1.82, 2.24) is 19.9 Å². The Bertz CT molecular complexity index is 746. The molecule has 1 atom stereocenters. The van der Waals surface area contributed by atoms with Crippen molar-refractivity contribution >= 4 is 11.8 Å².